The van der Waals surface area contributed by atoms with Crippen molar-refractivity contribution in [3.8, 4) is 11.5 Å². The fraction of sp³-hybridized carbons (Fsp3) is 0.136. The van der Waals surface area contributed by atoms with Crippen LogP contribution in [-0.4, -0.2) is 19.4 Å². The molecule has 27 heavy (non-hydrogen) atoms. The Morgan fingerprint density at radius 1 is 0.926 bits per heavy atom. The summed E-state index contributed by atoms with van der Waals surface area (Å²) >= 11 is 0. The fourth-order valence-corrected chi connectivity index (χ4v) is 4.23. The van der Waals surface area contributed by atoms with Gasteiger partial charge in [0.25, 0.3) is 0 Å². The zero-order valence-corrected chi connectivity index (χ0v) is 14.3. The minimum absolute atomic E-state index is 0.203. The van der Waals surface area contributed by atoms with Gasteiger partial charge in [-0.05, 0) is 28.6 Å². The molecule has 1 atom stereocenters. The molecule has 3 aromatic rings. The van der Waals surface area contributed by atoms with Crippen LogP contribution >= 0.6 is 0 Å². The average molecular weight is 357 g/mol. The van der Waals surface area contributed by atoms with Crippen LogP contribution in [0.25, 0.3) is 10.8 Å². The lowest BCUT2D eigenvalue weighted by molar-refractivity contribution is -0.136. The summed E-state index contributed by atoms with van der Waals surface area (Å²) in [6.07, 6.45) is 0. The van der Waals surface area contributed by atoms with Gasteiger partial charge in [0.2, 0.25) is 6.79 Å². The van der Waals surface area contributed by atoms with E-state index < -0.39 is 0 Å². The van der Waals surface area contributed by atoms with Gasteiger partial charge in [0.15, 0.2) is 11.5 Å². The van der Waals surface area contributed by atoms with E-state index in [0.29, 0.717) is 11.3 Å². The number of carbonyl (C=O) groups excluding carboxylic acids is 1. The third-order valence-electron chi connectivity index (χ3n) is 5.46. The van der Waals surface area contributed by atoms with E-state index in [-0.39, 0.29) is 25.3 Å². The van der Waals surface area contributed by atoms with Crippen molar-refractivity contribution in [1.29, 1.82) is 0 Å². The Morgan fingerprint density at radius 3 is 2.78 bits per heavy atom. The van der Waals surface area contributed by atoms with Crippen LogP contribution in [0.4, 0.5) is 5.69 Å². The van der Waals surface area contributed by atoms with E-state index in [1.165, 1.54) is 0 Å². The number of ether oxygens (including phenoxy) is 3. The van der Waals surface area contributed by atoms with E-state index in [1.54, 1.807) is 0 Å². The van der Waals surface area contributed by atoms with Crippen molar-refractivity contribution in [3.63, 3.8) is 0 Å². The second kappa shape index (κ2) is 5.27. The van der Waals surface area contributed by atoms with Crippen LogP contribution in [0.15, 0.2) is 65.9 Å². The van der Waals surface area contributed by atoms with Crippen molar-refractivity contribution in [2.75, 3.05) is 18.7 Å². The fourth-order valence-electron chi connectivity index (χ4n) is 4.23. The number of cyclic esters (lactones) is 1. The molecule has 3 heterocycles. The Kier molecular flexibility index (Phi) is 2.86. The van der Waals surface area contributed by atoms with E-state index in [0.717, 1.165) is 39.0 Å². The molecule has 1 N–H and O–H groups in total. The molecule has 0 amide bonds. The van der Waals surface area contributed by atoms with Gasteiger partial charge in [0.05, 0.1) is 17.0 Å². The van der Waals surface area contributed by atoms with Gasteiger partial charge in [-0.1, -0.05) is 42.5 Å². The number of benzene rings is 3. The maximum atomic E-state index is 12.5. The molecule has 5 heteroatoms. The Hall–Kier alpha value is -3.47. The van der Waals surface area contributed by atoms with E-state index >= 15 is 0 Å². The molecule has 0 spiro atoms. The van der Waals surface area contributed by atoms with Gasteiger partial charge in [0.1, 0.15) is 6.61 Å². The maximum Gasteiger partial charge on any atom is 0.337 e. The Bertz CT molecular complexity index is 1160. The molecule has 0 saturated heterocycles. The molecule has 0 aromatic heterocycles. The molecule has 3 aromatic carbocycles. The molecule has 0 radical (unpaired) electrons. The molecule has 3 aliphatic heterocycles. The zero-order chi connectivity index (χ0) is 18.0. The van der Waals surface area contributed by atoms with Crippen LogP contribution in [-0.2, 0) is 9.53 Å². The highest BCUT2D eigenvalue weighted by molar-refractivity contribution is 6.03. The molecule has 3 aliphatic rings. The molecule has 6 rings (SSSR count). The number of anilines is 1. The van der Waals surface area contributed by atoms with Crippen LogP contribution in [0.5, 0.6) is 11.5 Å². The van der Waals surface area contributed by atoms with Crippen molar-refractivity contribution in [2.24, 2.45) is 0 Å². The third kappa shape index (κ3) is 2.02. The molecule has 0 saturated carbocycles. The first-order chi connectivity index (χ1) is 13.3. The quantitative estimate of drug-likeness (QED) is 0.669. The number of hydrogen-bond donors (Lipinski definition) is 1. The van der Waals surface area contributed by atoms with Crippen molar-refractivity contribution in [2.45, 2.75) is 5.92 Å². The van der Waals surface area contributed by atoms with E-state index in [2.05, 4.69) is 29.6 Å². The molecule has 5 nitrogen and oxygen atoms in total. The molecular formula is C22H15NO4. The summed E-state index contributed by atoms with van der Waals surface area (Å²) in [4.78, 5) is 12.5. The zero-order valence-electron chi connectivity index (χ0n) is 14.3. The second-order valence-electron chi connectivity index (χ2n) is 6.89. The first kappa shape index (κ1) is 14.7. The lowest BCUT2D eigenvalue weighted by atomic mass is 9.80. The first-order valence-corrected chi connectivity index (χ1v) is 8.88. The van der Waals surface area contributed by atoms with Crippen molar-refractivity contribution >= 4 is 22.4 Å². The summed E-state index contributed by atoms with van der Waals surface area (Å²) in [7, 11) is 0. The number of esters is 1. The van der Waals surface area contributed by atoms with Crippen LogP contribution in [0.1, 0.15) is 17.0 Å². The number of carbonyl (C=O) groups is 1. The standard InChI is InChI=1S/C22H15NO4/c24-22-20-16(10-25-22)23-21-14-4-2-1-3-12(14)5-7-15(21)19(20)13-6-8-17-18(9-13)27-11-26-17/h1-9,19,23H,10-11H2. The van der Waals surface area contributed by atoms with Crippen molar-refractivity contribution < 1.29 is 19.0 Å². The molecule has 1 unspecified atom stereocenters. The molecular weight excluding hydrogens is 342 g/mol. The predicted octanol–water partition coefficient (Wildman–Crippen LogP) is 3.94. The molecule has 0 fully saturated rings. The van der Waals surface area contributed by atoms with Crippen molar-refractivity contribution in [3.05, 3.63) is 77.0 Å². The van der Waals surface area contributed by atoms with Crippen LogP contribution < -0.4 is 14.8 Å². The summed E-state index contributed by atoms with van der Waals surface area (Å²) in [5.41, 5.74) is 4.60. The topological polar surface area (TPSA) is 56.8 Å². The van der Waals surface area contributed by atoms with E-state index in [4.69, 9.17) is 14.2 Å². The molecule has 0 aliphatic carbocycles. The third-order valence-corrected chi connectivity index (χ3v) is 5.46. The van der Waals surface area contributed by atoms with Crippen LogP contribution in [0, 0.1) is 0 Å². The number of fused-ring (bicyclic) bond motifs is 4. The number of nitrogens with one attached hydrogen (secondary N) is 1. The summed E-state index contributed by atoms with van der Waals surface area (Å²) in [5, 5.41) is 5.75. The van der Waals surface area contributed by atoms with Gasteiger partial charge in [0, 0.05) is 11.3 Å². The Morgan fingerprint density at radius 2 is 1.81 bits per heavy atom. The number of hydrogen-bond acceptors (Lipinski definition) is 5. The largest absolute Gasteiger partial charge is 0.456 e. The normalized spacial score (nSPS) is 19.6. The minimum Gasteiger partial charge on any atom is -0.456 e. The summed E-state index contributed by atoms with van der Waals surface area (Å²) in [6, 6.07) is 18.3. The molecule has 0 bridgehead atoms. The average Bonchev–Trinajstić information content (AvgIpc) is 3.32. The highest BCUT2D eigenvalue weighted by atomic mass is 16.7. The highest BCUT2D eigenvalue weighted by Crippen LogP contribution is 2.48. The van der Waals surface area contributed by atoms with Crippen LogP contribution in [0.2, 0.25) is 0 Å². The summed E-state index contributed by atoms with van der Waals surface area (Å²) in [5.74, 6) is 0.973. The van der Waals surface area contributed by atoms with Gasteiger partial charge >= 0.3 is 5.97 Å². The SMILES string of the molecule is O=C1OCC2=C1C(c1ccc3c(c1)OCO3)c1ccc3ccccc3c1N2. The Labute approximate surface area is 155 Å². The lowest BCUT2D eigenvalue weighted by Crippen LogP contribution is -2.20. The van der Waals surface area contributed by atoms with Gasteiger partial charge in [-0.2, -0.15) is 0 Å². The van der Waals surface area contributed by atoms with Gasteiger partial charge in [-0.15, -0.1) is 0 Å². The van der Waals surface area contributed by atoms with E-state index in [1.807, 2.05) is 30.3 Å². The smallest absolute Gasteiger partial charge is 0.337 e. The first-order valence-electron chi connectivity index (χ1n) is 8.88. The number of rotatable bonds is 1. The van der Waals surface area contributed by atoms with Crippen molar-refractivity contribution in [1.82, 2.24) is 0 Å². The van der Waals surface area contributed by atoms with Gasteiger partial charge in [-0.3, -0.25) is 0 Å². The lowest BCUT2D eigenvalue weighted by Gasteiger charge is -2.28. The maximum absolute atomic E-state index is 12.5. The predicted molar refractivity (Wildman–Crippen MR) is 100.0 cm³/mol. The van der Waals surface area contributed by atoms with E-state index in [9.17, 15) is 4.79 Å². The Balaban J connectivity index is 1.62. The summed E-state index contributed by atoms with van der Waals surface area (Å²) < 4.78 is 16.3. The second-order valence-corrected chi connectivity index (χ2v) is 6.89. The summed E-state index contributed by atoms with van der Waals surface area (Å²) in [6.45, 7) is 0.500. The van der Waals surface area contributed by atoms with Crippen LogP contribution in [0.3, 0.4) is 0 Å². The monoisotopic (exact) mass is 357 g/mol. The highest BCUT2D eigenvalue weighted by Gasteiger charge is 2.39. The van der Waals surface area contributed by atoms with Gasteiger partial charge in [-0.25, -0.2) is 4.79 Å². The van der Waals surface area contributed by atoms with Gasteiger partial charge < -0.3 is 19.5 Å². The molecule has 132 valence electrons. The minimum atomic E-state index is -0.265.